The molecule has 4 aromatic heterocycles. The first-order valence-electron chi connectivity index (χ1n) is 28.0. The van der Waals surface area contributed by atoms with Gasteiger partial charge in [-0.05, 0) is 106 Å². The number of pyridine rings is 1. The van der Waals surface area contributed by atoms with Crippen molar-refractivity contribution in [2.45, 2.75) is 26.2 Å². The Hall–Kier alpha value is -9.00. The number of hydrogen-bond donors (Lipinski definition) is 0. The summed E-state index contributed by atoms with van der Waals surface area (Å²) in [5.41, 5.74) is 7.50. The minimum Gasteiger partial charge on any atom is -0.458 e. The Morgan fingerprint density at radius 1 is 0.500 bits per heavy atom. The van der Waals surface area contributed by atoms with Crippen LogP contribution < -0.4 is 9.30 Å². The Morgan fingerprint density at radius 3 is 1.73 bits per heavy atom. The van der Waals surface area contributed by atoms with E-state index in [0.29, 0.717) is 28.2 Å². The summed E-state index contributed by atoms with van der Waals surface area (Å²) in [5, 5.41) is 4.19. The van der Waals surface area contributed by atoms with Crippen LogP contribution in [-0.2, 0) is 5.41 Å². The van der Waals surface area contributed by atoms with Gasteiger partial charge in [-0.25, -0.2) is 4.98 Å². The molecule has 0 aliphatic heterocycles. The highest BCUT2D eigenvalue weighted by molar-refractivity contribution is 6.10. The molecule has 0 spiro atoms. The van der Waals surface area contributed by atoms with E-state index in [1.54, 1.807) is 22.8 Å². The fourth-order valence-electron chi connectivity index (χ4n) is 9.84. The average molecular weight is 912 g/mol. The minimum atomic E-state index is -0.578. The molecule has 0 amide bonds. The van der Waals surface area contributed by atoms with E-state index in [1.165, 1.54) is 0 Å². The van der Waals surface area contributed by atoms with Crippen LogP contribution in [0.5, 0.6) is 11.5 Å². The van der Waals surface area contributed by atoms with Crippen LogP contribution in [-0.4, -0.2) is 18.7 Å². The van der Waals surface area contributed by atoms with Gasteiger partial charge in [-0.15, -0.1) is 0 Å². The van der Waals surface area contributed by atoms with Gasteiger partial charge in [0.1, 0.15) is 17.3 Å². The van der Waals surface area contributed by atoms with Gasteiger partial charge in [-0.3, -0.25) is 13.7 Å². The van der Waals surface area contributed by atoms with Crippen molar-refractivity contribution in [3.8, 4) is 56.6 Å². The molecule has 13 rings (SSSR count). The summed E-state index contributed by atoms with van der Waals surface area (Å²) in [5.74, 6) is 1.87. The Morgan fingerprint density at radius 2 is 1.09 bits per heavy atom. The lowest BCUT2D eigenvalue weighted by Crippen LogP contribution is -2.31. The highest BCUT2D eigenvalue weighted by Crippen LogP contribution is 2.39. The zero-order valence-electron chi connectivity index (χ0n) is 48.3. The van der Waals surface area contributed by atoms with Gasteiger partial charge in [0.05, 0.1) is 58.2 Å². The first kappa shape index (κ1) is 31.9. The summed E-state index contributed by atoms with van der Waals surface area (Å²) in [6, 6.07) is 47.7. The highest BCUT2D eigenvalue weighted by atomic mass is 16.5. The monoisotopic (exact) mass is 911 g/mol. The zero-order valence-corrected chi connectivity index (χ0v) is 38.3. The molecule has 334 valence electrons. The zero-order chi connectivity index (χ0) is 55.6. The van der Waals surface area contributed by atoms with Gasteiger partial charge in [0, 0.05) is 39.5 Å². The van der Waals surface area contributed by atoms with E-state index in [4.69, 9.17) is 17.9 Å². The van der Waals surface area contributed by atoms with Crippen molar-refractivity contribution >= 4 is 54.6 Å². The van der Waals surface area contributed by atoms with Crippen molar-refractivity contribution in [1.82, 2.24) is 18.7 Å². The van der Waals surface area contributed by atoms with Gasteiger partial charge in [0.25, 0.3) is 6.33 Å². The molecule has 70 heavy (non-hydrogen) atoms. The molecule has 9 aromatic carbocycles. The average Bonchev–Trinajstić information content (AvgIpc) is 4.16. The number of benzene rings is 9. The lowest BCUT2D eigenvalue weighted by molar-refractivity contribution is -0.571. The van der Waals surface area contributed by atoms with E-state index in [9.17, 15) is 5.48 Å². The fourth-order valence-corrected chi connectivity index (χ4v) is 9.84. The number of hydrogen-bond acceptors (Lipinski definition) is 2. The quantitative estimate of drug-likeness (QED) is 0.113. The SMILES string of the molecule is [2H]c1c([2H])c([2H])c(-c2cccc(-c3c([2H])c([2H])c([2H])c([2H])c3[2H])c2-[n+]2[c-]n(-c3cccc(Oc4ccc5c6ccccc6n(-c6cc(C(C)(C)C)ccn6)c5c4)c3)c3ccc(-n4c5ccccc5c5ccccc54)cc32)c([2H])c1[2H]. The first-order valence-corrected chi connectivity index (χ1v) is 23.0. The first-order chi connectivity index (χ1) is 38.5. The molecule has 0 unspecified atom stereocenters. The standard InChI is InChI=1S/C64H47N5O/c1-64(2,3)45-36-37-65-62(38-45)69-58-31-15-12-26-54(58)55-34-33-49(41-60(55)69)70-48-23-16-22-46(39-48)66-42-67(63-50(43-18-6-4-7-19-43)27-17-28-51(63)44-20-8-5-9-21-44)61-40-47(32-35-59(61)66)68-56-29-13-10-24-52(56)53-25-11-14-30-57(53)68/h4-41H,1-3H3/i4D,5D,6D,7D,8D,9D,18D,19D,20D,21D. The van der Waals surface area contributed by atoms with Gasteiger partial charge in [-0.1, -0.05) is 166 Å². The maximum atomic E-state index is 9.27. The number of aromatic nitrogens is 5. The maximum absolute atomic E-state index is 9.27. The van der Waals surface area contributed by atoms with Crippen LogP contribution in [0.3, 0.4) is 0 Å². The van der Waals surface area contributed by atoms with Crippen LogP contribution in [0, 0.1) is 6.33 Å². The summed E-state index contributed by atoms with van der Waals surface area (Å²) in [6.45, 7) is 6.55. The second-order valence-electron chi connectivity index (χ2n) is 18.3. The molecule has 13 aromatic rings. The predicted molar refractivity (Wildman–Crippen MR) is 286 cm³/mol. The molecular weight excluding hydrogens is 855 g/mol. The third-order valence-electron chi connectivity index (χ3n) is 13.1. The summed E-state index contributed by atoms with van der Waals surface area (Å²) in [4.78, 5) is 4.86. The Bertz CT molecular complexity index is 4570. The van der Waals surface area contributed by atoms with Crippen molar-refractivity contribution in [2.75, 3.05) is 0 Å². The van der Waals surface area contributed by atoms with Crippen LogP contribution in [0.1, 0.15) is 40.0 Å². The fraction of sp³-hybridized carbons (Fsp3) is 0.0625. The van der Waals surface area contributed by atoms with Crippen LogP contribution >= 0.6 is 0 Å². The number of nitrogens with zero attached hydrogens (tertiary/aromatic N) is 5. The topological polar surface area (TPSA) is 40.8 Å². The second kappa shape index (κ2) is 16.4. The molecule has 4 heterocycles. The highest BCUT2D eigenvalue weighted by Gasteiger charge is 2.23. The largest absolute Gasteiger partial charge is 0.458 e. The van der Waals surface area contributed by atoms with Crippen molar-refractivity contribution < 1.29 is 23.0 Å². The van der Waals surface area contributed by atoms with Crippen LogP contribution in [0.15, 0.2) is 230 Å². The third-order valence-corrected chi connectivity index (χ3v) is 13.1. The molecular formula is C64H47N5O. The summed E-state index contributed by atoms with van der Waals surface area (Å²) in [7, 11) is 0. The van der Waals surface area contributed by atoms with Gasteiger partial charge >= 0.3 is 0 Å². The Kier molecular flexibility index (Phi) is 7.45. The molecule has 0 saturated carbocycles. The predicted octanol–water partition coefficient (Wildman–Crippen LogP) is 15.7. The smallest absolute Gasteiger partial charge is 0.269 e. The van der Waals surface area contributed by atoms with Crippen molar-refractivity contribution in [1.29, 1.82) is 0 Å². The number of imidazole rings is 1. The van der Waals surface area contributed by atoms with E-state index in [-0.39, 0.29) is 33.4 Å². The normalized spacial score (nSPS) is 13.9. The van der Waals surface area contributed by atoms with Crippen molar-refractivity contribution in [3.63, 3.8) is 0 Å². The van der Waals surface area contributed by atoms with Gasteiger partial charge in [-0.2, -0.15) is 0 Å². The van der Waals surface area contributed by atoms with E-state index < -0.39 is 60.4 Å². The molecule has 0 aliphatic carbocycles. The van der Waals surface area contributed by atoms with E-state index in [0.717, 1.165) is 60.7 Å². The molecule has 0 bridgehead atoms. The molecule has 0 atom stereocenters. The summed E-state index contributed by atoms with van der Waals surface area (Å²) < 4.78 is 104. The van der Waals surface area contributed by atoms with E-state index in [1.807, 2.05) is 102 Å². The van der Waals surface area contributed by atoms with E-state index >= 15 is 0 Å². The molecule has 0 aliphatic rings. The van der Waals surface area contributed by atoms with E-state index in [2.05, 4.69) is 90.8 Å². The van der Waals surface area contributed by atoms with Gasteiger partial charge in [0.2, 0.25) is 0 Å². The molecule has 6 nitrogen and oxygen atoms in total. The van der Waals surface area contributed by atoms with Crippen molar-refractivity contribution in [2.24, 2.45) is 0 Å². The second-order valence-corrected chi connectivity index (χ2v) is 18.3. The maximum Gasteiger partial charge on any atom is 0.269 e. The third kappa shape index (κ3) is 6.87. The molecule has 0 N–H and O–H groups in total. The van der Waals surface area contributed by atoms with Crippen LogP contribution in [0.4, 0.5) is 0 Å². The summed E-state index contributed by atoms with van der Waals surface area (Å²) >= 11 is 0. The Labute approximate surface area is 420 Å². The molecule has 0 radical (unpaired) electrons. The lowest BCUT2D eigenvalue weighted by Gasteiger charge is -2.20. The number of fused-ring (bicyclic) bond motifs is 7. The lowest BCUT2D eigenvalue weighted by atomic mass is 9.88. The number of rotatable bonds is 8. The van der Waals surface area contributed by atoms with Crippen LogP contribution in [0.25, 0.3) is 99.8 Å². The number of para-hydroxylation sites is 4. The molecule has 6 heteroatoms. The molecule has 0 saturated heterocycles. The van der Waals surface area contributed by atoms with Crippen molar-refractivity contribution in [3.05, 3.63) is 242 Å². The van der Waals surface area contributed by atoms with Gasteiger partial charge < -0.3 is 9.30 Å². The van der Waals surface area contributed by atoms with Crippen LogP contribution in [0.2, 0.25) is 0 Å². The van der Waals surface area contributed by atoms with Gasteiger partial charge in [0.15, 0.2) is 0 Å². The number of ether oxygens (including phenoxy) is 1. The molecule has 0 fully saturated rings. The minimum absolute atomic E-state index is 0.105. The summed E-state index contributed by atoms with van der Waals surface area (Å²) in [6.07, 6.45) is 5.42. The Balaban J connectivity index is 1.05.